The van der Waals surface area contributed by atoms with Crippen molar-refractivity contribution < 1.29 is 9.53 Å². The number of nitrogens with one attached hydrogen (secondary N) is 1. The van der Waals surface area contributed by atoms with Crippen molar-refractivity contribution >= 4 is 11.6 Å². The average molecular weight is 337 g/mol. The summed E-state index contributed by atoms with van der Waals surface area (Å²) in [5.74, 6) is -0.0845. The molecule has 2 heterocycles. The van der Waals surface area contributed by atoms with Crippen LogP contribution >= 0.6 is 0 Å². The van der Waals surface area contributed by atoms with Crippen LogP contribution in [0.1, 0.15) is 10.5 Å². The lowest BCUT2D eigenvalue weighted by atomic mass is 10.1. The number of carbonyl (C=O) groups is 1. The van der Waals surface area contributed by atoms with Gasteiger partial charge in [0.05, 0.1) is 18.5 Å². The van der Waals surface area contributed by atoms with Gasteiger partial charge in [-0.25, -0.2) is 4.68 Å². The van der Waals surface area contributed by atoms with E-state index in [1.54, 1.807) is 31.3 Å². The van der Waals surface area contributed by atoms with Crippen molar-refractivity contribution in [2.24, 2.45) is 7.05 Å². The number of rotatable bonds is 4. The minimum atomic E-state index is -0.410. The number of methoxy groups -OCH3 is 1. The molecule has 0 saturated carbocycles. The maximum atomic E-state index is 12.4. The van der Waals surface area contributed by atoms with Gasteiger partial charge in [0.15, 0.2) is 5.69 Å². The Morgan fingerprint density at radius 2 is 1.88 bits per heavy atom. The Morgan fingerprint density at radius 1 is 1.08 bits per heavy atom. The minimum Gasteiger partial charge on any atom is -0.480 e. The molecule has 126 valence electrons. The van der Waals surface area contributed by atoms with Crippen LogP contribution in [0.3, 0.4) is 0 Å². The number of benzene rings is 1. The van der Waals surface area contributed by atoms with E-state index in [-0.39, 0.29) is 11.3 Å². The number of amides is 1. The monoisotopic (exact) mass is 337 g/mol. The van der Waals surface area contributed by atoms with Crippen molar-refractivity contribution in [3.63, 3.8) is 0 Å². The Labute approximate surface area is 143 Å². The summed E-state index contributed by atoms with van der Waals surface area (Å²) in [4.78, 5) is 23.9. The first-order valence-corrected chi connectivity index (χ1v) is 7.41. The van der Waals surface area contributed by atoms with Gasteiger partial charge in [0.25, 0.3) is 11.5 Å². The fourth-order valence-corrected chi connectivity index (χ4v) is 2.20. The second-order valence-electron chi connectivity index (χ2n) is 5.14. The number of aryl methyl sites for hydroxylation is 1. The Balaban J connectivity index is 1.91. The Bertz CT molecular complexity index is 967. The van der Waals surface area contributed by atoms with Crippen LogP contribution in [0.4, 0.5) is 5.69 Å². The molecule has 0 aliphatic heterocycles. The number of carbonyl (C=O) groups excluding carboxylic acids is 1. The summed E-state index contributed by atoms with van der Waals surface area (Å²) < 4.78 is 6.16. The van der Waals surface area contributed by atoms with E-state index in [9.17, 15) is 9.59 Å². The first-order chi connectivity index (χ1) is 12.1. The van der Waals surface area contributed by atoms with Gasteiger partial charge in [-0.1, -0.05) is 18.2 Å². The van der Waals surface area contributed by atoms with Gasteiger partial charge in [0, 0.05) is 24.7 Å². The average Bonchev–Trinajstić information content (AvgIpc) is 2.64. The highest BCUT2D eigenvalue weighted by atomic mass is 16.5. The SMILES string of the molecule is COc1ccc(C(=O)Nc2ccccc2-c2ccc(=O)n(C)n2)nn1. The first kappa shape index (κ1) is 16.3. The number of anilines is 1. The molecule has 0 bridgehead atoms. The van der Waals surface area contributed by atoms with Crippen LogP contribution in [0.25, 0.3) is 11.3 Å². The summed E-state index contributed by atoms with van der Waals surface area (Å²) in [6.07, 6.45) is 0. The molecular formula is C17H15N5O3. The molecule has 8 nitrogen and oxygen atoms in total. The second kappa shape index (κ2) is 6.91. The third-order valence-electron chi connectivity index (χ3n) is 3.49. The zero-order chi connectivity index (χ0) is 17.8. The molecule has 0 spiro atoms. The van der Waals surface area contributed by atoms with Crippen LogP contribution in [-0.2, 0) is 7.05 Å². The fraction of sp³-hybridized carbons (Fsp3) is 0.118. The summed E-state index contributed by atoms with van der Waals surface area (Å²) in [5.41, 5.74) is 1.76. The van der Waals surface area contributed by atoms with Gasteiger partial charge < -0.3 is 10.1 Å². The maximum Gasteiger partial charge on any atom is 0.276 e. The highest BCUT2D eigenvalue weighted by molar-refractivity contribution is 6.04. The van der Waals surface area contributed by atoms with Crippen molar-refractivity contribution in [3.8, 4) is 17.1 Å². The number of ether oxygens (including phenoxy) is 1. The molecule has 0 unspecified atom stereocenters. The number of hydrogen-bond donors (Lipinski definition) is 1. The van der Waals surface area contributed by atoms with Crippen LogP contribution in [0, 0.1) is 0 Å². The predicted octanol–water partition coefficient (Wildman–Crippen LogP) is 1.50. The van der Waals surface area contributed by atoms with Crippen molar-refractivity contribution in [1.29, 1.82) is 0 Å². The Kier molecular flexibility index (Phi) is 4.51. The largest absolute Gasteiger partial charge is 0.480 e. The molecule has 25 heavy (non-hydrogen) atoms. The molecule has 3 rings (SSSR count). The summed E-state index contributed by atoms with van der Waals surface area (Å²) in [6.45, 7) is 0. The molecule has 2 aromatic heterocycles. The van der Waals surface area contributed by atoms with Gasteiger partial charge in [-0.2, -0.15) is 5.10 Å². The summed E-state index contributed by atoms with van der Waals surface area (Å²) in [5, 5.41) is 14.6. The van der Waals surface area contributed by atoms with E-state index in [1.807, 2.05) is 12.1 Å². The first-order valence-electron chi connectivity index (χ1n) is 7.41. The summed E-state index contributed by atoms with van der Waals surface area (Å²) in [6, 6.07) is 13.3. The lowest BCUT2D eigenvalue weighted by Gasteiger charge is -2.11. The van der Waals surface area contributed by atoms with E-state index >= 15 is 0 Å². The van der Waals surface area contributed by atoms with E-state index in [2.05, 4.69) is 20.6 Å². The van der Waals surface area contributed by atoms with Crippen molar-refractivity contribution in [3.05, 3.63) is 64.6 Å². The van der Waals surface area contributed by atoms with Crippen molar-refractivity contribution in [1.82, 2.24) is 20.0 Å². The van der Waals surface area contributed by atoms with Gasteiger partial charge in [-0.3, -0.25) is 9.59 Å². The van der Waals surface area contributed by atoms with Gasteiger partial charge in [0.1, 0.15) is 0 Å². The smallest absolute Gasteiger partial charge is 0.276 e. The lowest BCUT2D eigenvalue weighted by Crippen LogP contribution is -2.19. The fourth-order valence-electron chi connectivity index (χ4n) is 2.20. The second-order valence-corrected chi connectivity index (χ2v) is 5.14. The number of nitrogens with zero attached hydrogens (tertiary/aromatic N) is 4. The predicted molar refractivity (Wildman–Crippen MR) is 91.5 cm³/mol. The molecular weight excluding hydrogens is 322 g/mol. The summed E-state index contributed by atoms with van der Waals surface area (Å²) in [7, 11) is 3.04. The zero-order valence-electron chi connectivity index (χ0n) is 13.6. The number of hydrogen-bond acceptors (Lipinski definition) is 6. The molecule has 0 radical (unpaired) electrons. The van der Waals surface area contributed by atoms with Gasteiger partial charge in [-0.15, -0.1) is 10.2 Å². The van der Waals surface area contributed by atoms with Crippen LogP contribution in [0.2, 0.25) is 0 Å². The van der Waals surface area contributed by atoms with E-state index in [1.165, 1.54) is 23.9 Å². The molecule has 1 amide bonds. The van der Waals surface area contributed by atoms with Gasteiger partial charge in [0.2, 0.25) is 5.88 Å². The van der Waals surface area contributed by atoms with E-state index in [0.29, 0.717) is 22.8 Å². The van der Waals surface area contributed by atoms with Crippen molar-refractivity contribution in [2.45, 2.75) is 0 Å². The standard InChI is InChI=1S/C17H15N5O3/c1-22-16(23)10-8-13(21-22)11-5-3-4-6-12(11)18-17(24)14-7-9-15(25-2)20-19-14/h3-10H,1-2H3,(H,18,24). The van der Waals surface area contributed by atoms with E-state index in [4.69, 9.17) is 4.74 Å². The number of para-hydroxylation sites is 1. The van der Waals surface area contributed by atoms with Crippen LogP contribution in [0.5, 0.6) is 5.88 Å². The molecule has 8 heteroatoms. The molecule has 0 atom stereocenters. The number of aromatic nitrogens is 4. The maximum absolute atomic E-state index is 12.4. The Morgan fingerprint density at radius 3 is 2.56 bits per heavy atom. The quantitative estimate of drug-likeness (QED) is 0.774. The Hall–Kier alpha value is -3.55. The molecule has 3 aromatic rings. The summed E-state index contributed by atoms with van der Waals surface area (Å²) >= 11 is 0. The van der Waals surface area contributed by atoms with E-state index < -0.39 is 5.91 Å². The van der Waals surface area contributed by atoms with E-state index in [0.717, 1.165) is 0 Å². The van der Waals surface area contributed by atoms with Crippen LogP contribution in [-0.4, -0.2) is 33.0 Å². The highest BCUT2D eigenvalue weighted by Crippen LogP contribution is 2.25. The van der Waals surface area contributed by atoms with Crippen LogP contribution < -0.4 is 15.6 Å². The lowest BCUT2D eigenvalue weighted by molar-refractivity contribution is 0.102. The molecule has 1 N–H and O–H groups in total. The normalized spacial score (nSPS) is 10.3. The zero-order valence-corrected chi connectivity index (χ0v) is 13.6. The third-order valence-corrected chi connectivity index (χ3v) is 3.49. The molecule has 1 aromatic carbocycles. The van der Waals surface area contributed by atoms with Crippen molar-refractivity contribution in [2.75, 3.05) is 12.4 Å². The molecule has 0 aliphatic carbocycles. The highest BCUT2D eigenvalue weighted by Gasteiger charge is 2.13. The molecule has 0 aliphatic rings. The van der Waals surface area contributed by atoms with Crippen LogP contribution in [0.15, 0.2) is 53.3 Å². The minimum absolute atomic E-state index is 0.157. The third kappa shape index (κ3) is 3.52. The van der Waals surface area contributed by atoms with Gasteiger partial charge in [-0.05, 0) is 18.2 Å². The molecule has 0 saturated heterocycles. The van der Waals surface area contributed by atoms with Gasteiger partial charge >= 0.3 is 0 Å². The molecule has 0 fully saturated rings. The topological polar surface area (TPSA) is 99.0 Å².